The summed E-state index contributed by atoms with van der Waals surface area (Å²) in [4.78, 5) is 0.118. The highest BCUT2D eigenvalue weighted by molar-refractivity contribution is 7.99. The molecule has 2 N–H and O–H groups in total. The fraction of sp³-hybridized carbons (Fsp3) is 0.538. The standard InChI is InChI=1S/C13H19F2NS/c1-8(2)7-17-13-11(14)5-10(4-9(3)16)6-12(13)15/h5-6,8-9H,4,7,16H2,1-3H3. The highest BCUT2D eigenvalue weighted by atomic mass is 32.2. The van der Waals surface area contributed by atoms with Crippen molar-refractivity contribution >= 4 is 11.8 Å². The van der Waals surface area contributed by atoms with Crippen molar-refractivity contribution in [3.63, 3.8) is 0 Å². The van der Waals surface area contributed by atoms with E-state index in [2.05, 4.69) is 0 Å². The zero-order valence-corrected chi connectivity index (χ0v) is 11.3. The topological polar surface area (TPSA) is 26.0 Å². The lowest BCUT2D eigenvalue weighted by atomic mass is 10.1. The third kappa shape index (κ3) is 4.64. The van der Waals surface area contributed by atoms with Crippen molar-refractivity contribution in [1.29, 1.82) is 0 Å². The van der Waals surface area contributed by atoms with Crippen molar-refractivity contribution in [2.45, 2.75) is 38.1 Å². The maximum absolute atomic E-state index is 13.7. The second-order valence-electron chi connectivity index (χ2n) is 4.77. The predicted octanol–water partition coefficient (Wildman–Crippen LogP) is 3.60. The van der Waals surface area contributed by atoms with Crippen LogP contribution in [0.25, 0.3) is 0 Å². The SMILES string of the molecule is CC(C)CSc1c(F)cc(CC(C)N)cc1F. The van der Waals surface area contributed by atoms with Crippen molar-refractivity contribution in [3.05, 3.63) is 29.3 Å². The maximum Gasteiger partial charge on any atom is 0.140 e. The molecule has 0 aliphatic rings. The van der Waals surface area contributed by atoms with Crippen LogP contribution in [0.5, 0.6) is 0 Å². The average Bonchev–Trinajstić information content (AvgIpc) is 2.14. The van der Waals surface area contributed by atoms with Crippen molar-refractivity contribution in [2.24, 2.45) is 11.7 Å². The fourth-order valence-corrected chi connectivity index (χ4v) is 2.38. The summed E-state index contributed by atoms with van der Waals surface area (Å²) in [6.45, 7) is 5.86. The minimum absolute atomic E-state index is 0.0945. The molecule has 0 radical (unpaired) electrons. The summed E-state index contributed by atoms with van der Waals surface area (Å²) in [5.41, 5.74) is 6.23. The van der Waals surface area contributed by atoms with E-state index in [9.17, 15) is 8.78 Å². The molecule has 96 valence electrons. The molecule has 0 aromatic heterocycles. The molecule has 0 aliphatic heterocycles. The van der Waals surface area contributed by atoms with Crippen LogP contribution in [0, 0.1) is 17.6 Å². The van der Waals surface area contributed by atoms with Gasteiger partial charge in [0.05, 0.1) is 4.90 Å². The van der Waals surface area contributed by atoms with Gasteiger partial charge in [-0.3, -0.25) is 0 Å². The first-order chi connectivity index (χ1) is 7.90. The van der Waals surface area contributed by atoms with Crippen LogP contribution in [0.15, 0.2) is 17.0 Å². The Morgan fingerprint density at radius 1 is 1.18 bits per heavy atom. The molecule has 0 bridgehead atoms. The van der Waals surface area contributed by atoms with E-state index in [0.29, 0.717) is 23.7 Å². The highest BCUT2D eigenvalue weighted by Crippen LogP contribution is 2.28. The number of nitrogens with two attached hydrogens (primary N) is 1. The Balaban J connectivity index is 2.86. The van der Waals surface area contributed by atoms with Gasteiger partial charge in [-0.05, 0) is 37.0 Å². The molecule has 0 saturated heterocycles. The molecular formula is C13H19F2NS. The van der Waals surface area contributed by atoms with Gasteiger partial charge >= 0.3 is 0 Å². The summed E-state index contributed by atoms with van der Waals surface area (Å²) >= 11 is 1.23. The molecule has 0 saturated carbocycles. The van der Waals surface area contributed by atoms with Gasteiger partial charge in [0.2, 0.25) is 0 Å². The molecule has 1 atom stereocenters. The van der Waals surface area contributed by atoms with E-state index >= 15 is 0 Å². The number of halogens is 2. The van der Waals surface area contributed by atoms with E-state index < -0.39 is 11.6 Å². The molecule has 17 heavy (non-hydrogen) atoms. The summed E-state index contributed by atoms with van der Waals surface area (Å²) in [7, 11) is 0. The van der Waals surface area contributed by atoms with Gasteiger partial charge in [-0.25, -0.2) is 8.78 Å². The lowest BCUT2D eigenvalue weighted by molar-refractivity contribution is 0.535. The van der Waals surface area contributed by atoms with E-state index in [4.69, 9.17) is 5.73 Å². The van der Waals surface area contributed by atoms with E-state index in [-0.39, 0.29) is 10.9 Å². The molecule has 1 rings (SSSR count). The largest absolute Gasteiger partial charge is 0.328 e. The van der Waals surface area contributed by atoms with Gasteiger partial charge in [-0.15, -0.1) is 11.8 Å². The number of benzene rings is 1. The Morgan fingerprint density at radius 2 is 1.71 bits per heavy atom. The van der Waals surface area contributed by atoms with Gasteiger partial charge < -0.3 is 5.73 Å². The molecule has 1 nitrogen and oxygen atoms in total. The molecule has 1 aromatic rings. The van der Waals surface area contributed by atoms with E-state index in [1.807, 2.05) is 20.8 Å². The molecule has 0 amide bonds. The number of rotatable bonds is 5. The second-order valence-corrected chi connectivity index (χ2v) is 5.81. The molecule has 0 fully saturated rings. The lowest BCUT2D eigenvalue weighted by Crippen LogP contribution is -2.18. The second kappa shape index (κ2) is 6.36. The van der Waals surface area contributed by atoms with Gasteiger partial charge in [0, 0.05) is 11.8 Å². The smallest absolute Gasteiger partial charge is 0.140 e. The molecule has 0 spiro atoms. The lowest BCUT2D eigenvalue weighted by Gasteiger charge is -2.10. The Hall–Kier alpha value is -0.610. The quantitative estimate of drug-likeness (QED) is 0.818. The van der Waals surface area contributed by atoms with Crippen LogP contribution in [0.1, 0.15) is 26.3 Å². The summed E-state index contributed by atoms with van der Waals surface area (Å²) < 4.78 is 27.4. The van der Waals surface area contributed by atoms with Crippen molar-refractivity contribution in [3.8, 4) is 0 Å². The molecule has 1 unspecified atom stereocenters. The third-order valence-corrected chi connectivity index (χ3v) is 3.69. The minimum Gasteiger partial charge on any atom is -0.328 e. The van der Waals surface area contributed by atoms with Crippen LogP contribution in [-0.4, -0.2) is 11.8 Å². The first kappa shape index (κ1) is 14.5. The Kier molecular flexibility index (Phi) is 5.40. The first-order valence-corrected chi connectivity index (χ1v) is 6.75. The summed E-state index contributed by atoms with van der Waals surface area (Å²) in [6.07, 6.45) is 0.489. The number of hydrogen-bond acceptors (Lipinski definition) is 2. The van der Waals surface area contributed by atoms with Crippen LogP contribution in [0.4, 0.5) is 8.78 Å². The highest BCUT2D eigenvalue weighted by Gasteiger charge is 2.13. The zero-order chi connectivity index (χ0) is 13.0. The molecule has 4 heteroatoms. The monoisotopic (exact) mass is 259 g/mol. The Bertz CT molecular complexity index is 355. The normalized spacial score (nSPS) is 13.1. The van der Waals surface area contributed by atoms with Crippen LogP contribution in [0.3, 0.4) is 0 Å². The van der Waals surface area contributed by atoms with Crippen LogP contribution in [-0.2, 0) is 6.42 Å². The van der Waals surface area contributed by atoms with Gasteiger partial charge in [0.25, 0.3) is 0 Å². The van der Waals surface area contributed by atoms with Gasteiger partial charge in [-0.1, -0.05) is 13.8 Å². The van der Waals surface area contributed by atoms with E-state index in [1.54, 1.807) is 0 Å². The predicted molar refractivity (Wildman–Crippen MR) is 69.3 cm³/mol. The third-order valence-electron chi connectivity index (χ3n) is 2.18. The van der Waals surface area contributed by atoms with Crippen LogP contribution >= 0.6 is 11.8 Å². The fourth-order valence-electron chi connectivity index (χ4n) is 1.49. The van der Waals surface area contributed by atoms with E-state index in [0.717, 1.165) is 0 Å². The molecule has 0 heterocycles. The van der Waals surface area contributed by atoms with Gasteiger partial charge in [-0.2, -0.15) is 0 Å². The molecule has 1 aromatic carbocycles. The van der Waals surface area contributed by atoms with E-state index in [1.165, 1.54) is 23.9 Å². The minimum atomic E-state index is -0.480. The zero-order valence-electron chi connectivity index (χ0n) is 10.5. The average molecular weight is 259 g/mol. The molecule has 0 aliphatic carbocycles. The number of hydrogen-bond donors (Lipinski definition) is 1. The van der Waals surface area contributed by atoms with Gasteiger partial charge in [0.15, 0.2) is 0 Å². The van der Waals surface area contributed by atoms with Crippen LogP contribution < -0.4 is 5.73 Å². The van der Waals surface area contributed by atoms with Crippen molar-refractivity contribution < 1.29 is 8.78 Å². The first-order valence-electron chi connectivity index (χ1n) is 5.76. The molecular weight excluding hydrogens is 240 g/mol. The Labute approximate surface area is 106 Å². The van der Waals surface area contributed by atoms with Crippen molar-refractivity contribution in [1.82, 2.24) is 0 Å². The Morgan fingerprint density at radius 3 is 2.12 bits per heavy atom. The van der Waals surface area contributed by atoms with Gasteiger partial charge in [0.1, 0.15) is 11.6 Å². The summed E-state index contributed by atoms with van der Waals surface area (Å²) in [5, 5.41) is 0. The number of thioether (sulfide) groups is 1. The summed E-state index contributed by atoms with van der Waals surface area (Å²) in [5.74, 6) is 0.153. The van der Waals surface area contributed by atoms with Crippen LogP contribution in [0.2, 0.25) is 0 Å². The maximum atomic E-state index is 13.7. The summed E-state index contributed by atoms with van der Waals surface area (Å²) in [6, 6.07) is 2.67. The van der Waals surface area contributed by atoms with Crippen molar-refractivity contribution in [2.75, 3.05) is 5.75 Å².